The van der Waals surface area contributed by atoms with Gasteiger partial charge in [0.1, 0.15) is 11.9 Å². The fraction of sp³-hybridized carbons (Fsp3) is 0.533. The molecule has 1 aromatic rings. The summed E-state index contributed by atoms with van der Waals surface area (Å²) < 4.78 is 11.1. The highest BCUT2D eigenvalue weighted by Gasteiger charge is 2.22. The quantitative estimate of drug-likeness (QED) is 0.873. The van der Waals surface area contributed by atoms with E-state index in [0.717, 1.165) is 44.0 Å². The first-order valence-corrected chi connectivity index (χ1v) is 7.17. The zero-order valence-corrected chi connectivity index (χ0v) is 11.4. The van der Waals surface area contributed by atoms with Gasteiger partial charge in [0.25, 0.3) is 0 Å². The second-order valence-corrected chi connectivity index (χ2v) is 5.31. The number of amides is 1. The first kappa shape index (κ1) is 13.4. The van der Waals surface area contributed by atoms with Crippen molar-refractivity contribution in [3.05, 3.63) is 24.3 Å². The van der Waals surface area contributed by atoms with Crippen molar-refractivity contribution in [3.63, 3.8) is 0 Å². The summed E-state index contributed by atoms with van der Waals surface area (Å²) in [5, 5.41) is 6.14. The molecule has 0 saturated carbocycles. The lowest BCUT2D eigenvalue weighted by molar-refractivity contribution is -0.119. The molecule has 108 valence electrons. The minimum atomic E-state index is 0.0848. The second kappa shape index (κ2) is 6.24. The zero-order valence-electron chi connectivity index (χ0n) is 11.4. The third-order valence-corrected chi connectivity index (χ3v) is 3.74. The van der Waals surface area contributed by atoms with Crippen LogP contribution in [0.4, 0.5) is 5.69 Å². The molecule has 5 nitrogen and oxygen atoms in total. The highest BCUT2D eigenvalue weighted by Crippen LogP contribution is 2.20. The van der Waals surface area contributed by atoms with E-state index in [4.69, 9.17) is 9.47 Å². The van der Waals surface area contributed by atoms with Crippen LogP contribution in [-0.4, -0.2) is 38.3 Å². The molecule has 2 unspecified atom stereocenters. The van der Waals surface area contributed by atoms with E-state index < -0.39 is 0 Å². The maximum absolute atomic E-state index is 12.0. The summed E-state index contributed by atoms with van der Waals surface area (Å²) in [7, 11) is 0. The predicted octanol–water partition coefficient (Wildman–Crippen LogP) is 1.40. The Bertz CT molecular complexity index is 449. The predicted molar refractivity (Wildman–Crippen MR) is 75.9 cm³/mol. The standard InChI is InChI=1S/C15H20N2O3/c18-15(11-5-7-16-9-11)17-12-1-3-13(4-2-12)20-14-6-8-19-10-14/h1-4,11,14,16H,5-10H2,(H,17,18). The van der Waals surface area contributed by atoms with Gasteiger partial charge in [0.2, 0.25) is 5.91 Å². The van der Waals surface area contributed by atoms with E-state index in [0.29, 0.717) is 6.61 Å². The number of ether oxygens (including phenoxy) is 2. The molecule has 2 atom stereocenters. The first-order chi connectivity index (χ1) is 9.81. The van der Waals surface area contributed by atoms with Crippen LogP contribution < -0.4 is 15.4 Å². The fourth-order valence-electron chi connectivity index (χ4n) is 2.54. The smallest absolute Gasteiger partial charge is 0.228 e. The summed E-state index contributed by atoms with van der Waals surface area (Å²) >= 11 is 0. The van der Waals surface area contributed by atoms with Crippen molar-refractivity contribution in [1.82, 2.24) is 5.32 Å². The van der Waals surface area contributed by atoms with Crippen molar-refractivity contribution < 1.29 is 14.3 Å². The minimum Gasteiger partial charge on any atom is -0.488 e. The van der Waals surface area contributed by atoms with Crippen LogP contribution in [0.15, 0.2) is 24.3 Å². The SMILES string of the molecule is O=C(Nc1ccc(OC2CCOC2)cc1)C1CCNC1. The molecule has 20 heavy (non-hydrogen) atoms. The van der Waals surface area contributed by atoms with Crippen LogP contribution in [0.3, 0.4) is 0 Å². The van der Waals surface area contributed by atoms with Crippen molar-refractivity contribution >= 4 is 11.6 Å². The van der Waals surface area contributed by atoms with Gasteiger partial charge in [-0.25, -0.2) is 0 Å². The van der Waals surface area contributed by atoms with Crippen molar-refractivity contribution in [2.45, 2.75) is 18.9 Å². The summed E-state index contributed by atoms with van der Waals surface area (Å²) in [6.45, 7) is 3.13. The molecule has 2 N–H and O–H groups in total. The van der Waals surface area contributed by atoms with E-state index in [2.05, 4.69) is 10.6 Å². The minimum absolute atomic E-state index is 0.0848. The van der Waals surface area contributed by atoms with Gasteiger partial charge in [-0.3, -0.25) is 4.79 Å². The number of rotatable bonds is 4. The normalized spacial score (nSPS) is 25.6. The average Bonchev–Trinajstić information content (AvgIpc) is 3.13. The third kappa shape index (κ3) is 3.29. The molecule has 0 aliphatic carbocycles. The lowest BCUT2D eigenvalue weighted by Gasteiger charge is -2.13. The van der Waals surface area contributed by atoms with Gasteiger partial charge in [0.15, 0.2) is 0 Å². The largest absolute Gasteiger partial charge is 0.488 e. The van der Waals surface area contributed by atoms with Crippen LogP contribution in [0.25, 0.3) is 0 Å². The van der Waals surface area contributed by atoms with Crippen LogP contribution in [-0.2, 0) is 9.53 Å². The Hall–Kier alpha value is -1.59. The molecule has 2 aliphatic rings. The second-order valence-electron chi connectivity index (χ2n) is 5.31. The van der Waals surface area contributed by atoms with Crippen molar-refractivity contribution in [2.24, 2.45) is 5.92 Å². The van der Waals surface area contributed by atoms with E-state index >= 15 is 0 Å². The Morgan fingerprint density at radius 3 is 2.80 bits per heavy atom. The summed E-state index contributed by atoms with van der Waals surface area (Å²) in [4.78, 5) is 12.0. The fourth-order valence-corrected chi connectivity index (χ4v) is 2.54. The van der Waals surface area contributed by atoms with Gasteiger partial charge < -0.3 is 20.1 Å². The summed E-state index contributed by atoms with van der Waals surface area (Å²) in [5.74, 6) is 0.996. The summed E-state index contributed by atoms with van der Waals surface area (Å²) in [6.07, 6.45) is 2.00. The Balaban J connectivity index is 1.53. The zero-order chi connectivity index (χ0) is 13.8. The molecular weight excluding hydrogens is 256 g/mol. The maximum Gasteiger partial charge on any atom is 0.228 e. The van der Waals surface area contributed by atoms with Gasteiger partial charge in [-0.1, -0.05) is 0 Å². The van der Waals surface area contributed by atoms with Crippen LogP contribution >= 0.6 is 0 Å². The summed E-state index contributed by atoms with van der Waals surface area (Å²) in [5.41, 5.74) is 0.817. The molecule has 2 saturated heterocycles. The number of carbonyl (C=O) groups is 1. The van der Waals surface area contributed by atoms with E-state index in [1.807, 2.05) is 24.3 Å². The first-order valence-electron chi connectivity index (χ1n) is 7.17. The molecule has 0 spiro atoms. The van der Waals surface area contributed by atoms with Crippen LogP contribution in [0.5, 0.6) is 5.75 Å². The number of anilines is 1. The van der Waals surface area contributed by atoms with Crippen LogP contribution in [0.2, 0.25) is 0 Å². The van der Waals surface area contributed by atoms with Gasteiger partial charge in [-0.05, 0) is 37.2 Å². The number of nitrogens with one attached hydrogen (secondary N) is 2. The van der Waals surface area contributed by atoms with Gasteiger partial charge in [-0.15, -0.1) is 0 Å². The Morgan fingerprint density at radius 1 is 1.30 bits per heavy atom. The molecule has 1 aromatic carbocycles. The van der Waals surface area contributed by atoms with E-state index in [-0.39, 0.29) is 17.9 Å². The number of hydrogen-bond acceptors (Lipinski definition) is 4. The van der Waals surface area contributed by atoms with Crippen molar-refractivity contribution in [3.8, 4) is 5.75 Å². The Labute approximate surface area is 118 Å². The highest BCUT2D eigenvalue weighted by atomic mass is 16.5. The molecule has 0 radical (unpaired) electrons. The average molecular weight is 276 g/mol. The molecule has 0 aromatic heterocycles. The maximum atomic E-state index is 12.0. The molecule has 2 heterocycles. The van der Waals surface area contributed by atoms with Crippen molar-refractivity contribution in [1.29, 1.82) is 0 Å². The van der Waals surface area contributed by atoms with Crippen LogP contribution in [0, 0.1) is 5.92 Å². The van der Waals surface area contributed by atoms with Gasteiger partial charge in [0.05, 0.1) is 19.1 Å². The van der Waals surface area contributed by atoms with Gasteiger partial charge in [0, 0.05) is 18.7 Å². The molecule has 5 heteroatoms. The van der Waals surface area contributed by atoms with Crippen LogP contribution in [0.1, 0.15) is 12.8 Å². The van der Waals surface area contributed by atoms with Gasteiger partial charge in [-0.2, -0.15) is 0 Å². The Morgan fingerprint density at radius 2 is 2.15 bits per heavy atom. The Kier molecular flexibility index (Phi) is 4.18. The lowest BCUT2D eigenvalue weighted by atomic mass is 10.1. The molecule has 3 rings (SSSR count). The molecule has 1 amide bonds. The molecule has 2 fully saturated rings. The van der Waals surface area contributed by atoms with E-state index in [1.54, 1.807) is 0 Å². The number of hydrogen-bond donors (Lipinski definition) is 2. The number of benzene rings is 1. The molecule has 2 aliphatic heterocycles. The van der Waals surface area contributed by atoms with Crippen molar-refractivity contribution in [2.75, 3.05) is 31.6 Å². The van der Waals surface area contributed by atoms with E-state index in [1.165, 1.54) is 0 Å². The highest BCUT2D eigenvalue weighted by molar-refractivity contribution is 5.92. The van der Waals surface area contributed by atoms with Gasteiger partial charge >= 0.3 is 0 Å². The topological polar surface area (TPSA) is 59.6 Å². The summed E-state index contributed by atoms with van der Waals surface area (Å²) in [6, 6.07) is 7.54. The lowest BCUT2D eigenvalue weighted by Crippen LogP contribution is -2.24. The monoisotopic (exact) mass is 276 g/mol. The third-order valence-electron chi connectivity index (χ3n) is 3.74. The molecular formula is C15H20N2O3. The molecule has 0 bridgehead atoms. The van der Waals surface area contributed by atoms with E-state index in [9.17, 15) is 4.79 Å². The number of carbonyl (C=O) groups excluding carboxylic acids is 1.